The lowest BCUT2D eigenvalue weighted by molar-refractivity contribution is -0.141. The highest BCUT2D eigenvalue weighted by molar-refractivity contribution is 5.96. The Balaban J connectivity index is 2.00. The van der Waals surface area contributed by atoms with Gasteiger partial charge in [-0.2, -0.15) is 0 Å². The monoisotopic (exact) mass is 211 g/mol. The van der Waals surface area contributed by atoms with Crippen molar-refractivity contribution in [3.8, 4) is 0 Å². The second-order valence-corrected chi connectivity index (χ2v) is 4.62. The standard InChI is InChI=1S/C11H17NO3/c13-10(6-11(14)15)8-3-1-2-7-4-5-9(8)12-7/h7-9,12H,1-6H2,(H,14,15)/t7-,8-,9-/m1/s1. The van der Waals surface area contributed by atoms with Crippen LogP contribution in [-0.2, 0) is 9.59 Å². The molecule has 15 heavy (non-hydrogen) atoms. The van der Waals surface area contributed by atoms with Gasteiger partial charge in [0.05, 0.1) is 0 Å². The van der Waals surface area contributed by atoms with Gasteiger partial charge in [-0.1, -0.05) is 6.42 Å². The van der Waals surface area contributed by atoms with E-state index in [1.54, 1.807) is 0 Å². The highest BCUT2D eigenvalue weighted by Gasteiger charge is 2.36. The summed E-state index contributed by atoms with van der Waals surface area (Å²) in [6.07, 6.45) is 4.90. The maximum Gasteiger partial charge on any atom is 0.310 e. The lowest BCUT2D eigenvalue weighted by Gasteiger charge is -2.20. The Bertz CT molecular complexity index is 277. The fourth-order valence-corrected chi connectivity index (χ4v) is 2.85. The number of hydrogen-bond donors (Lipinski definition) is 2. The summed E-state index contributed by atoms with van der Waals surface area (Å²) in [6.45, 7) is 0. The summed E-state index contributed by atoms with van der Waals surface area (Å²) in [4.78, 5) is 22.2. The van der Waals surface area contributed by atoms with Crippen molar-refractivity contribution in [1.29, 1.82) is 0 Å². The number of hydrogen-bond acceptors (Lipinski definition) is 3. The Morgan fingerprint density at radius 1 is 1.20 bits per heavy atom. The van der Waals surface area contributed by atoms with Crippen LogP contribution in [0.4, 0.5) is 0 Å². The first-order chi connectivity index (χ1) is 7.16. The van der Waals surface area contributed by atoms with Crippen molar-refractivity contribution in [2.24, 2.45) is 5.92 Å². The number of fused-ring (bicyclic) bond motifs is 2. The van der Waals surface area contributed by atoms with Crippen molar-refractivity contribution in [2.75, 3.05) is 0 Å². The SMILES string of the molecule is O=C(O)CC(=O)[C@@H]1CCC[C@@H]2CC[C@H]1N2. The number of carbonyl (C=O) groups excluding carboxylic acids is 1. The van der Waals surface area contributed by atoms with Crippen LogP contribution in [-0.4, -0.2) is 28.9 Å². The van der Waals surface area contributed by atoms with E-state index in [1.165, 1.54) is 0 Å². The van der Waals surface area contributed by atoms with Gasteiger partial charge in [-0.05, 0) is 25.7 Å². The average Bonchev–Trinajstić information content (AvgIpc) is 2.45. The Kier molecular flexibility index (Phi) is 3.05. The molecule has 2 aliphatic heterocycles. The first kappa shape index (κ1) is 10.6. The molecule has 2 heterocycles. The van der Waals surface area contributed by atoms with Crippen LogP contribution < -0.4 is 5.32 Å². The first-order valence-electron chi connectivity index (χ1n) is 5.67. The van der Waals surface area contributed by atoms with E-state index in [9.17, 15) is 9.59 Å². The predicted molar refractivity (Wildman–Crippen MR) is 54.5 cm³/mol. The molecule has 0 saturated carbocycles. The van der Waals surface area contributed by atoms with E-state index in [1.807, 2.05) is 0 Å². The Morgan fingerprint density at radius 3 is 2.73 bits per heavy atom. The number of rotatable bonds is 3. The van der Waals surface area contributed by atoms with E-state index in [-0.39, 0.29) is 24.2 Å². The predicted octanol–water partition coefficient (Wildman–Crippen LogP) is 0.951. The Labute approximate surface area is 89.0 Å². The third-order valence-electron chi connectivity index (χ3n) is 3.57. The number of nitrogens with one attached hydrogen (secondary N) is 1. The molecule has 2 N–H and O–H groups in total. The third kappa shape index (κ3) is 2.37. The normalized spacial score (nSPS) is 34.8. The molecule has 0 amide bonds. The van der Waals surface area contributed by atoms with Gasteiger partial charge >= 0.3 is 5.97 Å². The molecule has 2 aliphatic rings. The molecule has 3 atom stereocenters. The number of carboxylic acid groups (broad SMARTS) is 1. The summed E-state index contributed by atoms with van der Waals surface area (Å²) in [5.74, 6) is -1.16. The lowest BCUT2D eigenvalue weighted by Crippen LogP contribution is -2.37. The van der Waals surface area contributed by atoms with Gasteiger partial charge in [0.25, 0.3) is 0 Å². The number of ketones is 1. The second kappa shape index (κ2) is 4.31. The van der Waals surface area contributed by atoms with E-state index in [0.717, 1.165) is 32.1 Å². The summed E-state index contributed by atoms with van der Waals surface area (Å²) in [5.41, 5.74) is 0. The molecule has 0 spiro atoms. The minimum atomic E-state index is -1.00. The molecule has 0 aliphatic carbocycles. The maximum absolute atomic E-state index is 11.7. The quantitative estimate of drug-likeness (QED) is 0.682. The maximum atomic E-state index is 11.7. The molecule has 0 radical (unpaired) electrons. The number of aliphatic carboxylic acids is 1. The molecular formula is C11H17NO3. The minimum absolute atomic E-state index is 0.0615. The molecule has 2 bridgehead atoms. The highest BCUT2D eigenvalue weighted by Crippen LogP contribution is 2.30. The van der Waals surface area contributed by atoms with Crippen LogP contribution >= 0.6 is 0 Å². The molecule has 0 unspecified atom stereocenters. The molecule has 0 aromatic rings. The molecule has 2 saturated heterocycles. The van der Waals surface area contributed by atoms with Crippen molar-refractivity contribution in [3.63, 3.8) is 0 Å². The van der Waals surface area contributed by atoms with Crippen LogP contribution in [0.3, 0.4) is 0 Å². The van der Waals surface area contributed by atoms with Gasteiger partial charge in [0, 0.05) is 18.0 Å². The summed E-state index contributed by atoms with van der Waals surface area (Å²) >= 11 is 0. The first-order valence-corrected chi connectivity index (χ1v) is 5.67. The van der Waals surface area contributed by atoms with E-state index >= 15 is 0 Å². The molecule has 2 fully saturated rings. The van der Waals surface area contributed by atoms with Gasteiger partial charge in [0.15, 0.2) is 0 Å². The van der Waals surface area contributed by atoms with Crippen molar-refractivity contribution in [1.82, 2.24) is 5.32 Å². The van der Waals surface area contributed by atoms with E-state index in [0.29, 0.717) is 6.04 Å². The summed E-state index contributed by atoms with van der Waals surface area (Å²) in [6, 6.07) is 0.807. The van der Waals surface area contributed by atoms with Gasteiger partial charge < -0.3 is 10.4 Å². The van der Waals surface area contributed by atoms with Crippen LogP contribution in [0, 0.1) is 5.92 Å². The summed E-state index contributed by atoms with van der Waals surface area (Å²) < 4.78 is 0. The molecule has 2 rings (SSSR count). The van der Waals surface area contributed by atoms with Crippen LogP contribution in [0.5, 0.6) is 0 Å². The van der Waals surface area contributed by atoms with Gasteiger partial charge in [-0.25, -0.2) is 0 Å². The van der Waals surface area contributed by atoms with Crippen molar-refractivity contribution < 1.29 is 14.7 Å². The molecule has 4 heteroatoms. The molecule has 0 aromatic heterocycles. The van der Waals surface area contributed by atoms with Gasteiger partial charge in [-0.3, -0.25) is 9.59 Å². The fourth-order valence-electron chi connectivity index (χ4n) is 2.85. The van der Waals surface area contributed by atoms with E-state index in [2.05, 4.69) is 5.32 Å². The highest BCUT2D eigenvalue weighted by atomic mass is 16.4. The lowest BCUT2D eigenvalue weighted by atomic mass is 9.86. The zero-order valence-electron chi connectivity index (χ0n) is 8.74. The van der Waals surface area contributed by atoms with Crippen LogP contribution in [0.2, 0.25) is 0 Å². The Hall–Kier alpha value is -0.900. The van der Waals surface area contributed by atoms with Crippen molar-refractivity contribution in [2.45, 2.75) is 50.6 Å². The molecule has 84 valence electrons. The third-order valence-corrected chi connectivity index (χ3v) is 3.57. The van der Waals surface area contributed by atoms with Crippen LogP contribution in [0.1, 0.15) is 38.5 Å². The Morgan fingerprint density at radius 2 is 2.00 bits per heavy atom. The fraction of sp³-hybridized carbons (Fsp3) is 0.818. The number of carboxylic acids is 1. The van der Waals surface area contributed by atoms with Crippen LogP contribution in [0.15, 0.2) is 0 Å². The smallest absolute Gasteiger partial charge is 0.310 e. The largest absolute Gasteiger partial charge is 0.481 e. The average molecular weight is 211 g/mol. The van der Waals surface area contributed by atoms with Crippen molar-refractivity contribution in [3.05, 3.63) is 0 Å². The second-order valence-electron chi connectivity index (χ2n) is 4.62. The minimum Gasteiger partial charge on any atom is -0.481 e. The number of Topliss-reactive ketones (excluding diaryl/α,β-unsaturated/α-hetero) is 1. The molecule has 4 nitrogen and oxygen atoms in total. The summed E-state index contributed by atoms with van der Waals surface area (Å²) in [7, 11) is 0. The topological polar surface area (TPSA) is 66.4 Å². The van der Waals surface area contributed by atoms with Crippen LogP contribution in [0.25, 0.3) is 0 Å². The zero-order chi connectivity index (χ0) is 10.8. The van der Waals surface area contributed by atoms with E-state index in [4.69, 9.17) is 5.11 Å². The van der Waals surface area contributed by atoms with Gasteiger partial charge in [0.1, 0.15) is 12.2 Å². The van der Waals surface area contributed by atoms with Gasteiger partial charge in [-0.15, -0.1) is 0 Å². The molecule has 0 aromatic carbocycles. The van der Waals surface area contributed by atoms with Crippen molar-refractivity contribution >= 4 is 11.8 Å². The molecular weight excluding hydrogens is 194 g/mol. The van der Waals surface area contributed by atoms with E-state index < -0.39 is 5.97 Å². The number of carbonyl (C=O) groups is 2. The summed E-state index contributed by atoms with van der Waals surface area (Å²) in [5, 5.41) is 12.1. The zero-order valence-corrected chi connectivity index (χ0v) is 8.74. The van der Waals surface area contributed by atoms with Gasteiger partial charge in [0.2, 0.25) is 0 Å².